The summed E-state index contributed by atoms with van der Waals surface area (Å²) in [6, 6.07) is 2.15. The lowest BCUT2D eigenvalue weighted by Crippen LogP contribution is -2.40. The van der Waals surface area contributed by atoms with Crippen molar-refractivity contribution in [1.82, 2.24) is 29.0 Å². The molecule has 1 aliphatic carbocycles. The molecule has 8 nitrogen and oxygen atoms in total. The normalized spacial score (nSPS) is 19.0. The van der Waals surface area contributed by atoms with Crippen LogP contribution in [0.3, 0.4) is 0 Å². The summed E-state index contributed by atoms with van der Waals surface area (Å²) in [7, 11) is 1.72. The molecule has 3 heterocycles. The average Bonchev–Trinajstić information content (AvgIpc) is 3.21. The molecule has 2 aromatic rings. The van der Waals surface area contributed by atoms with Crippen LogP contribution in [0.4, 0.5) is 0 Å². The zero-order valence-electron chi connectivity index (χ0n) is 13.8. The van der Waals surface area contributed by atoms with E-state index in [1.807, 2.05) is 15.5 Å². The fraction of sp³-hybridized carbons (Fsp3) is 0.625. The van der Waals surface area contributed by atoms with E-state index in [1.165, 1.54) is 4.68 Å². The highest BCUT2D eigenvalue weighted by molar-refractivity contribution is 5.76. The Morgan fingerprint density at radius 2 is 2.00 bits per heavy atom. The molecule has 2 fully saturated rings. The van der Waals surface area contributed by atoms with Gasteiger partial charge in [-0.05, 0) is 31.7 Å². The SMILES string of the molecule is Cn1nc(C2CCN(C(=O)Cn3cccn3)CC2)n(C2CC2)c1=O. The quantitative estimate of drug-likeness (QED) is 0.819. The summed E-state index contributed by atoms with van der Waals surface area (Å²) < 4.78 is 4.98. The summed E-state index contributed by atoms with van der Waals surface area (Å²) in [6.07, 6.45) is 7.33. The number of rotatable bonds is 4. The fourth-order valence-corrected chi connectivity index (χ4v) is 3.47. The Morgan fingerprint density at radius 3 is 2.62 bits per heavy atom. The van der Waals surface area contributed by atoms with E-state index < -0.39 is 0 Å². The Morgan fingerprint density at radius 1 is 1.25 bits per heavy atom. The number of piperidine rings is 1. The van der Waals surface area contributed by atoms with Crippen LogP contribution < -0.4 is 5.69 Å². The monoisotopic (exact) mass is 330 g/mol. The second kappa shape index (κ2) is 5.92. The molecule has 128 valence electrons. The van der Waals surface area contributed by atoms with Gasteiger partial charge in [0.1, 0.15) is 12.4 Å². The minimum absolute atomic E-state index is 0.00955. The molecule has 0 radical (unpaired) electrons. The van der Waals surface area contributed by atoms with Crippen molar-refractivity contribution in [3.05, 3.63) is 34.8 Å². The third-order valence-electron chi connectivity index (χ3n) is 4.96. The van der Waals surface area contributed by atoms with Gasteiger partial charge in [0.15, 0.2) is 0 Å². The van der Waals surface area contributed by atoms with E-state index in [0.717, 1.165) is 31.5 Å². The molecule has 0 spiro atoms. The number of carbonyl (C=O) groups is 1. The predicted octanol–water partition coefficient (Wildman–Crippen LogP) is 0.519. The topological polar surface area (TPSA) is 78.0 Å². The maximum absolute atomic E-state index is 12.3. The molecular weight excluding hydrogens is 308 g/mol. The molecule has 0 atom stereocenters. The van der Waals surface area contributed by atoms with E-state index in [0.29, 0.717) is 19.1 Å². The lowest BCUT2D eigenvalue weighted by molar-refractivity contribution is -0.133. The number of likely N-dealkylation sites (tertiary alicyclic amines) is 1. The first-order valence-corrected chi connectivity index (χ1v) is 8.54. The largest absolute Gasteiger partial charge is 0.345 e. The number of hydrogen-bond acceptors (Lipinski definition) is 4. The second-order valence-electron chi connectivity index (χ2n) is 6.72. The zero-order valence-corrected chi connectivity index (χ0v) is 13.8. The van der Waals surface area contributed by atoms with Gasteiger partial charge in [-0.2, -0.15) is 10.2 Å². The van der Waals surface area contributed by atoms with Gasteiger partial charge < -0.3 is 4.90 Å². The Balaban J connectivity index is 1.42. The van der Waals surface area contributed by atoms with Gasteiger partial charge >= 0.3 is 5.69 Å². The van der Waals surface area contributed by atoms with Gasteiger partial charge in [0.2, 0.25) is 5.91 Å². The van der Waals surface area contributed by atoms with Crippen molar-refractivity contribution in [2.45, 2.75) is 44.2 Å². The Labute approximate surface area is 139 Å². The molecule has 1 aliphatic heterocycles. The highest BCUT2D eigenvalue weighted by Gasteiger charge is 2.34. The number of amides is 1. The molecule has 0 N–H and O–H groups in total. The van der Waals surface area contributed by atoms with Gasteiger partial charge in [0, 0.05) is 44.5 Å². The van der Waals surface area contributed by atoms with Crippen LogP contribution in [0.25, 0.3) is 0 Å². The number of hydrogen-bond donors (Lipinski definition) is 0. The lowest BCUT2D eigenvalue weighted by Gasteiger charge is -2.31. The number of carbonyl (C=O) groups excluding carboxylic acids is 1. The van der Waals surface area contributed by atoms with Crippen LogP contribution in [0.5, 0.6) is 0 Å². The van der Waals surface area contributed by atoms with Crippen molar-refractivity contribution in [3.8, 4) is 0 Å². The van der Waals surface area contributed by atoms with Crippen LogP contribution in [0.15, 0.2) is 23.3 Å². The van der Waals surface area contributed by atoms with Crippen molar-refractivity contribution in [2.24, 2.45) is 7.05 Å². The number of aryl methyl sites for hydroxylation is 1. The van der Waals surface area contributed by atoms with Crippen LogP contribution in [-0.4, -0.2) is 48.0 Å². The second-order valence-corrected chi connectivity index (χ2v) is 6.72. The molecule has 8 heteroatoms. The van der Waals surface area contributed by atoms with Crippen molar-refractivity contribution in [1.29, 1.82) is 0 Å². The predicted molar refractivity (Wildman–Crippen MR) is 86.5 cm³/mol. The standard InChI is InChI=1S/C16H22N6O2/c1-19-16(24)22(13-3-4-13)15(18-19)12-5-9-20(10-6-12)14(23)11-21-8-2-7-17-21/h2,7-8,12-13H,3-6,9-11H2,1H3. The highest BCUT2D eigenvalue weighted by Crippen LogP contribution is 2.37. The number of aromatic nitrogens is 5. The summed E-state index contributed by atoms with van der Waals surface area (Å²) in [5, 5.41) is 8.56. The third kappa shape index (κ3) is 2.76. The summed E-state index contributed by atoms with van der Waals surface area (Å²) in [6.45, 7) is 1.70. The molecule has 2 aromatic heterocycles. The van der Waals surface area contributed by atoms with Crippen LogP contribution in [0, 0.1) is 0 Å². The fourth-order valence-electron chi connectivity index (χ4n) is 3.47. The number of nitrogens with zero attached hydrogens (tertiary/aromatic N) is 6. The summed E-state index contributed by atoms with van der Waals surface area (Å²) in [5.41, 5.74) is -0.00955. The molecule has 2 aliphatic rings. The van der Waals surface area contributed by atoms with Crippen molar-refractivity contribution in [2.75, 3.05) is 13.1 Å². The molecular formula is C16H22N6O2. The first-order chi connectivity index (χ1) is 11.6. The lowest BCUT2D eigenvalue weighted by atomic mass is 9.96. The van der Waals surface area contributed by atoms with E-state index in [1.54, 1.807) is 24.1 Å². The summed E-state index contributed by atoms with van der Waals surface area (Å²) >= 11 is 0. The van der Waals surface area contributed by atoms with Crippen molar-refractivity contribution < 1.29 is 4.79 Å². The first kappa shape index (κ1) is 15.2. The molecule has 1 saturated carbocycles. The summed E-state index contributed by atoms with van der Waals surface area (Å²) in [5.74, 6) is 1.26. The van der Waals surface area contributed by atoms with Gasteiger partial charge in [0.05, 0.1) is 0 Å². The van der Waals surface area contributed by atoms with E-state index in [9.17, 15) is 9.59 Å². The molecule has 0 aromatic carbocycles. The van der Waals surface area contributed by atoms with Gasteiger partial charge in [-0.1, -0.05) is 0 Å². The highest BCUT2D eigenvalue weighted by atomic mass is 16.2. The van der Waals surface area contributed by atoms with Gasteiger partial charge in [0.25, 0.3) is 0 Å². The molecule has 0 unspecified atom stereocenters. The van der Waals surface area contributed by atoms with Crippen LogP contribution in [0.1, 0.15) is 43.5 Å². The van der Waals surface area contributed by atoms with E-state index in [4.69, 9.17) is 0 Å². The summed E-state index contributed by atoms with van der Waals surface area (Å²) in [4.78, 5) is 26.5. The van der Waals surface area contributed by atoms with E-state index >= 15 is 0 Å². The van der Waals surface area contributed by atoms with Gasteiger partial charge in [-0.15, -0.1) is 0 Å². The van der Waals surface area contributed by atoms with Crippen LogP contribution in [-0.2, 0) is 18.4 Å². The molecule has 24 heavy (non-hydrogen) atoms. The van der Waals surface area contributed by atoms with E-state index in [2.05, 4.69) is 10.2 Å². The average molecular weight is 330 g/mol. The maximum atomic E-state index is 12.3. The molecule has 1 saturated heterocycles. The van der Waals surface area contributed by atoms with Gasteiger partial charge in [-0.3, -0.25) is 14.0 Å². The van der Waals surface area contributed by atoms with Crippen molar-refractivity contribution in [3.63, 3.8) is 0 Å². The Kier molecular flexibility index (Phi) is 3.74. The van der Waals surface area contributed by atoms with Gasteiger partial charge in [-0.25, -0.2) is 9.48 Å². The van der Waals surface area contributed by atoms with Crippen LogP contribution in [0.2, 0.25) is 0 Å². The Bertz CT molecular complexity index is 778. The minimum atomic E-state index is -0.00955. The maximum Gasteiger partial charge on any atom is 0.345 e. The van der Waals surface area contributed by atoms with E-state index in [-0.39, 0.29) is 24.1 Å². The molecule has 0 bridgehead atoms. The smallest absolute Gasteiger partial charge is 0.341 e. The Hall–Kier alpha value is -2.38. The molecule has 1 amide bonds. The third-order valence-corrected chi connectivity index (χ3v) is 4.96. The minimum Gasteiger partial charge on any atom is -0.341 e. The van der Waals surface area contributed by atoms with Crippen LogP contribution >= 0.6 is 0 Å². The molecule has 4 rings (SSSR count). The first-order valence-electron chi connectivity index (χ1n) is 8.54. The van der Waals surface area contributed by atoms with Crippen molar-refractivity contribution >= 4 is 5.91 Å². The zero-order chi connectivity index (χ0) is 16.7.